The van der Waals surface area contributed by atoms with Gasteiger partial charge in [-0.1, -0.05) is 6.07 Å². The largest absolute Gasteiger partial charge is 0.478 e. The number of carboxylic acids is 2. The first kappa shape index (κ1) is 22.6. The van der Waals surface area contributed by atoms with Gasteiger partial charge in [0.05, 0.1) is 35.5 Å². The molecule has 4 rings (SSSR count). The Bertz CT molecular complexity index is 831. The summed E-state index contributed by atoms with van der Waals surface area (Å²) >= 11 is 0. The van der Waals surface area contributed by atoms with E-state index in [4.69, 9.17) is 19.7 Å². The van der Waals surface area contributed by atoms with Gasteiger partial charge in [-0.2, -0.15) is 0 Å². The Kier molecular flexibility index (Phi) is 8.56. The molecule has 158 valence electrons. The van der Waals surface area contributed by atoms with Crippen molar-refractivity contribution in [1.29, 1.82) is 0 Å². The third kappa shape index (κ3) is 7.05. The van der Waals surface area contributed by atoms with Crippen molar-refractivity contribution in [2.24, 2.45) is 0 Å². The molecule has 0 spiro atoms. The van der Waals surface area contributed by atoms with Crippen molar-refractivity contribution in [1.82, 2.24) is 0 Å². The number of ether oxygens (including phenoxy) is 2. The Morgan fingerprint density at radius 3 is 1.43 bits per heavy atom. The van der Waals surface area contributed by atoms with E-state index < -0.39 is 11.9 Å². The molecule has 8 nitrogen and oxygen atoms in total. The van der Waals surface area contributed by atoms with Crippen LogP contribution in [0.15, 0.2) is 48.5 Å². The average Bonchev–Trinajstić information content (AvgIpc) is 2.75. The lowest BCUT2D eigenvalue weighted by Gasteiger charge is -2.08. The zero-order valence-corrected chi connectivity index (χ0v) is 16.2. The standard InChI is InChI=1S/C14H16O4.C8H6O4/c15-13-11-5-7-12(8-6-11)14(16)18-10-4-2-1-3-9-17-13;9-7(10)5-2-1-3-6(4-5)8(11)12/h5-8H,1-4,9-10H2;1-4H,(H,9,10)(H,11,12). The first-order valence-corrected chi connectivity index (χ1v) is 9.39. The van der Waals surface area contributed by atoms with Gasteiger partial charge in [-0.25, -0.2) is 19.2 Å². The van der Waals surface area contributed by atoms with Crippen molar-refractivity contribution in [2.45, 2.75) is 25.7 Å². The van der Waals surface area contributed by atoms with Crippen LogP contribution in [0.5, 0.6) is 0 Å². The van der Waals surface area contributed by atoms with Gasteiger partial charge in [0.2, 0.25) is 0 Å². The second-order valence-electron chi connectivity index (χ2n) is 6.45. The first-order valence-electron chi connectivity index (χ1n) is 9.39. The second-order valence-corrected chi connectivity index (χ2v) is 6.45. The molecule has 0 saturated carbocycles. The SMILES string of the molecule is O=C(O)c1cccc(C(=O)O)c1.O=C1OCCCCCCOC(=O)c2ccc1cc2. The second kappa shape index (κ2) is 11.4. The molecular formula is C22H22O8. The fourth-order valence-electron chi connectivity index (χ4n) is 2.58. The molecule has 2 aliphatic heterocycles. The van der Waals surface area contributed by atoms with Crippen LogP contribution < -0.4 is 0 Å². The normalized spacial score (nSPS) is 14.4. The summed E-state index contributed by atoms with van der Waals surface area (Å²) in [6.45, 7) is 0.890. The monoisotopic (exact) mass is 414 g/mol. The van der Waals surface area contributed by atoms with E-state index in [9.17, 15) is 19.2 Å². The average molecular weight is 414 g/mol. The summed E-state index contributed by atoms with van der Waals surface area (Å²) in [4.78, 5) is 44.0. The molecule has 2 N–H and O–H groups in total. The Labute approximate surface area is 173 Å². The van der Waals surface area contributed by atoms with Gasteiger partial charge >= 0.3 is 23.9 Å². The molecule has 0 atom stereocenters. The van der Waals surface area contributed by atoms with Gasteiger partial charge in [0.15, 0.2) is 0 Å². The summed E-state index contributed by atoms with van der Waals surface area (Å²) < 4.78 is 10.3. The molecule has 0 radical (unpaired) electrons. The number of esters is 2. The number of benzene rings is 2. The van der Waals surface area contributed by atoms with Crippen LogP contribution in [0.4, 0.5) is 0 Å². The van der Waals surface area contributed by atoms with Crippen molar-refractivity contribution in [3.63, 3.8) is 0 Å². The van der Waals surface area contributed by atoms with Gasteiger partial charge in [0.1, 0.15) is 0 Å². The predicted molar refractivity (Wildman–Crippen MR) is 106 cm³/mol. The molecule has 2 aromatic carbocycles. The molecule has 0 saturated heterocycles. The topological polar surface area (TPSA) is 127 Å². The first-order chi connectivity index (χ1) is 14.4. The zero-order chi connectivity index (χ0) is 21.9. The van der Waals surface area contributed by atoms with Crippen molar-refractivity contribution in [3.8, 4) is 0 Å². The molecule has 0 aliphatic carbocycles. The molecule has 30 heavy (non-hydrogen) atoms. The molecule has 0 fully saturated rings. The van der Waals surface area contributed by atoms with E-state index in [1.54, 1.807) is 24.3 Å². The summed E-state index contributed by atoms with van der Waals surface area (Å²) in [6, 6.07) is 11.5. The highest BCUT2D eigenvalue weighted by molar-refractivity contribution is 5.94. The highest BCUT2D eigenvalue weighted by Crippen LogP contribution is 2.10. The highest BCUT2D eigenvalue weighted by Gasteiger charge is 2.11. The third-order valence-electron chi connectivity index (χ3n) is 4.22. The maximum atomic E-state index is 11.6. The van der Waals surface area contributed by atoms with E-state index in [0.717, 1.165) is 31.7 Å². The van der Waals surface area contributed by atoms with Crippen LogP contribution in [0.3, 0.4) is 0 Å². The number of fused-ring (bicyclic) bond motifs is 11. The van der Waals surface area contributed by atoms with E-state index in [1.807, 2.05) is 0 Å². The van der Waals surface area contributed by atoms with Crippen LogP contribution >= 0.6 is 0 Å². The lowest BCUT2D eigenvalue weighted by atomic mass is 10.1. The van der Waals surface area contributed by atoms with Crippen LogP contribution in [0, 0.1) is 0 Å². The highest BCUT2D eigenvalue weighted by atomic mass is 16.5. The zero-order valence-electron chi connectivity index (χ0n) is 16.2. The number of carboxylic acid groups (broad SMARTS) is 2. The van der Waals surface area contributed by atoms with Crippen molar-refractivity contribution in [2.75, 3.05) is 13.2 Å². The third-order valence-corrected chi connectivity index (χ3v) is 4.22. The maximum Gasteiger partial charge on any atom is 0.338 e. The van der Waals surface area contributed by atoms with Crippen molar-refractivity contribution < 1.29 is 38.9 Å². The lowest BCUT2D eigenvalue weighted by Crippen LogP contribution is -2.10. The van der Waals surface area contributed by atoms with Crippen LogP contribution in [0.25, 0.3) is 0 Å². The number of hydrogen-bond acceptors (Lipinski definition) is 6. The smallest absolute Gasteiger partial charge is 0.338 e. The van der Waals surface area contributed by atoms with Gasteiger partial charge in [-0.3, -0.25) is 0 Å². The summed E-state index contributed by atoms with van der Waals surface area (Å²) in [5.41, 5.74) is 0.886. The molecule has 0 amide bonds. The summed E-state index contributed by atoms with van der Waals surface area (Å²) in [5, 5.41) is 17.0. The molecule has 0 aromatic heterocycles. The van der Waals surface area contributed by atoms with E-state index in [1.165, 1.54) is 18.2 Å². The molecule has 2 heterocycles. The molecule has 2 aromatic rings. The van der Waals surface area contributed by atoms with Gasteiger partial charge in [-0.05, 0) is 68.1 Å². The number of carbonyl (C=O) groups is 4. The van der Waals surface area contributed by atoms with Crippen molar-refractivity contribution >= 4 is 23.9 Å². The van der Waals surface area contributed by atoms with Crippen molar-refractivity contribution in [3.05, 3.63) is 70.8 Å². The Balaban J connectivity index is 0.000000232. The summed E-state index contributed by atoms with van der Waals surface area (Å²) in [5.74, 6) is -2.94. The number of carbonyl (C=O) groups excluding carboxylic acids is 2. The quantitative estimate of drug-likeness (QED) is 0.713. The Hall–Kier alpha value is -3.68. The minimum absolute atomic E-state index is 0.0186. The minimum atomic E-state index is -1.13. The molecule has 0 unspecified atom stereocenters. The van der Waals surface area contributed by atoms with Gasteiger partial charge in [0, 0.05) is 0 Å². The fourth-order valence-corrected chi connectivity index (χ4v) is 2.58. The van der Waals surface area contributed by atoms with E-state index >= 15 is 0 Å². The minimum Gasteiger partial charge on any atom is -0.478 e. The fraction of sp³-hybridized carbons (Fsp3) is 0.273. The van der Waals surface area contributed by atoms with Crippen LogP contribution in [-0.2, 0) is 9.47 Å². The van der Waals surface area contributed by atoms with Crippen LogP contribution in [0.1, 0.15) is 67.1 Å². The summed E-state index contributed by atoms with van der Waals surface area (Å²) in [7, 11) is 0. The number of rotatable bonds is 2. The van der Waals surface area contributed by atoms with Gasteiger partial charge in [0.25, 0.3) is 0 Å². The van der Waals surface area contributed by atoms with Gasteiger partial charge in [-0.15, -0.1) is 0 Å². The molecule has 2 bridgehead atoms. The Morgan fingerprint density at radius 2 is 1.07 bits per heavy atom. The number of aromatic carboxylic acids is 2. The van der Waals surface area contributed by atoms with Gasteiger partial charge < -0.3 is 19.7 Å². The molecular weight excluding hydrogens is 392 g/mol. The van der Waals surface area contributed by atoms with Crippen LogP contribution in [-0.4, -0.2) is 47.3 Å². The van der Waals surface area contributed by atoms with Crippen LogP contribution in [0.2, 0.25) is 0 Å². The van der Waals surface area contributed by atoms with E-state index in [0.29, 0.717) is 24.3 Å². The summed E-state index contributed by atoms with van der Waals surface area (Å²) in [6.07, 6.45) is 3.64. The number of hydrogen-bond donors (Lipinski definition) is 2. The lowest BCUT2D eigenvalue weighted by molar-refractivity contribution is 0.0468. The Morgan fingerprint density at radius 1 is 0.667 bits per heavy atom. The molecule has 8 heteroatoms. The van der Waals surface area contributed by atoms with E-state index in [-0.39, 0.29) is 23.1 Å². The van der Waals surface area contributed by atoms with E-state index in [2.05, 4.69) is 0 Å². The predicted octanol–water partition coefficient (Wildman–Crippen LogP) is 3.66. The molecule has 2 aliphatic rings. The maximum absolute atomic E-state index is 11.6.